The number of phosphoric acid groups is 1. The molecule has 0 aromatic carbocycles. The van der Waals surface area contributed by atoms with Crippen LogP contribution < -0.4 is 0 Å². The van der Waals surface area contributed by atoms with Crippen molar-refractivity contribution in [2.24, 2.45) is 0 Å². The van der Waals surface area contributed by atoms with Crippen molar-refractivity contribution < 1.29 is 19.2 Å². The average Bonchev–Trinajstić information content (AvgIpc) is 1.88. The fourth-order valence-corrected chi connectivity index (χ4v) is 2.83. The third kappa shape index (κ3) is 17.9. The van der Waals surface area contributed by atoms with Gasteiger partial charge in [0.15, 0.2) is 0 Å². The molecule has 0 spiro atoms. The summed E-state index contributed by atoms with van der Waals surface area (Å²) in [6.07, 6.45) is 4.66. The van der Waals surface area contributed by atoms with E-state index in [0.29, 0.717) is 9.52 Å². The average molecular weight is 198 g/mol. The van der Waals surface area contributed by atoms with Crippen molar-refractivity contribution in [2.45, 2.75) is 31.4 Å². The van der Waals surface area contributed by atoms with Gasteiger partial charge in [-0.15, -0.1) is 0 Å². The monoisotopic (exact) mass is 198 g/mol. The van der Waals surface area contributed by atoms with E-state index in [2.05, 4.69) is 0 Å². The van der Waals surface area contributed by atoms with E-state index in [1.165, 1.54) is 6.42 Å². The summed E-state index contributed by atoms with van der Waals surface area (Å²) < 4.78 is 8.88. The molecular weight excluding hydrogens is 183 g/mol. The number of rotatable bonds is 0. The molecule has 0 aromatic rings. The van der Waals surface area contributed by atoms with Crippen LogP contribution in [0.3, 0.4) is 0 Å². The van der Waals surface area contributed by atoms with Gasteiger partial charge in [0.1, 0.15) is 0 Å². The van der Waals surface area contributed by atoms with Crippen molar-refractivity contribution in [1.82, 2.24) is 0 Å². The summed E-state index contributed by atoms with van der Waals surface area (Å²) in [6, 6.07) is 3.28. The maximum absolute atomic E-state index is 8.88. The van der Waals surface area contributed by atoms with Crippen LogP contribution in [-0.2, 0) is 4.57 Å². The zero-order chi connectivity index (χ0) is 8.74. The fraction of sp³-hybridized carbons (Fsp3) is 1.00. The normalized spacial score (nSPS) is 18.5. The van der Waals surface area contributed by atoms with Gasteiger partial charge in [0.05, 0.1) is 0 Å². The van der Waals surface area contributed by atoms with Crippen molar-refractivity contribution in [3.8, 4) is 0 Å². The van der Waals surface area contributed by atoms with Crippen molar-refractivity contribution in [3.63, 3.8) is 0 Å². The Balaban J connectivity index is 0.000000187. The van der Waals surface area contributed by atoms with Gasteiger partial charge < -0.3 is 14.7 Å². The van der Waals surface area contributed by atoms with E-state index in [4.69, 9.17) is 19.2 Å². The lowest BCUT2D eigenvalue weighted by molar-refractivity contribution is 0.275. The highest BCUT2D eigenvalue weighted by molar-refractivity contribution is 7.45. The first-order valence-corrected chi connectivity index (χ1v) is 7.35. The van der Waals surface area contributed by atoms with E-state index in [1.807, 2.05) is 0 Å². The molecular formula is C5H15O4PSi. The molecule has 11 heavy (non-hydrogen) atoms. The van der Waals surface area contributed by atoms with Crippen LogP contribution in [0.25, 0.3) is 0 Å². The Kier molecular flexibility index (Phi) is 6.09. The smallest absolute Gasteiger partial charge is 0.303 e. The van der Waals surface area contributed by atoms with Crippen LogP contribution in [0, 0.1) is 0 Å². The molecule has 0 bridgehead atoms. The van der Waals surface area contributed by atoms with Gasteiger partial charge >= 0.3 is 7.82 Å². The summed E-state index contributed by atoms with van der Waals surface area (Å²) in [5.74, 6) is 0. The molecule has 0 aliphatic carbocycles. The standard InChI is InChI=1S/C5H12Si.H3O4P/c1-2-4-6-5-3-1;1-5(2,3)4/h1-6H2;(H3,1,2,3,4). The van der Waals surface area contributed by atoms with E-state index in [-0.39, 0.29) is 0 Å². The van der Waals surface area contributed by atoms with Gasteiger partial charge in [-0.05, 0) is 0 Å². The quantitative estimate of drug-likeness (QED) is 0.385. The largest absolute Gasteiger partial charge is 0.466 e. The molecule has 1 saturated heterocycles. The Bertz CT molecular complexity index is 111. The van der Waals surface area contributed by atoms with Crippen molar-refractivity contribution in [3.05, 3.63) is 0 Å². The SMILES string of the molecule is C1CC[SiH2]CC1.O=P(O)(O)O. The molecule has 0 aromatic heterocycles. The second-order valence-corrected chi connectivity index (χ2v) is 5.78. The summed E-state index contributed by atoms with van der Waals surface area (Å²) in [7, 11) is -4.13. The van der Waals surface area contributed by atoms with Crippen LogP contribution in [-0.4, -0.2) is 24.2 Å². The van der Waals surface area contributed by atoms with E-state index in [9.17, 15) is 0 Å². The van der Waals surface area contributed by atoms with Crippen molar-refractivity contribution in [2.75, 3.05) is 0 Å². The first kappa shape index (κ1) is 11.3. The maximum atomic E-state index is 8.88. The molecule has 0 atom stereocenters. The first-order chi connectivity index (χ1) is 5.00. The molecule has 1 rings (SSSR count). The third-order valence-electron chi connectivity index (χ3n) is 1.50. The Hall–Kier alpha value is 0.327. The second-order valence-electron chi connectivity index (χ2n) is 2.63. The third-order valence-corrected chi connectivity index (χ3v) is 3.50. The summed E-state index contributed by atoms with van der Waals surface area (Å²) in [6.45, 7) is 0. The lowest BCUT2D eigenvalue weighted by atomic mass is 10.3. The zero-order valence-corrected chi connectivity index (χ0v) is 8.75. The van der Waals surface area contributed by atoms with Gasteiger partial charge in [-0.3, -0.25) is 0 Å². The van der Waals surface area contributed by atoms with Crippen LogP contribution in [0.2, 0.25) is 12.1 Å². The van der Waals surface area contributed by atoms with Gasteiger partial charge in [0, 0.05) is 9.52 Å². The van der Waals surface area contributed by atoms with Crippen LogP contribution in [0.4, 0.5) is 0 Å². The molecule has 68 valence electrons. The maximum Gasteiger partial charge on any atom is 0.466 e. The highest BCUT2D eigenvalue weighted by atomic mass is 31.2. The minimum Gasteiger partial charge on any atom is -0.303 e. The first-order valence-electron chi connectivity index (χ1n) is 3.78. The molecule has 0 amide bonds. The predicted octanol–water partition coefficient (Wildman–Crippen LogP) is 0.247. The van der Waals surface area contributed by atoms with Crippen LogP contribution in [0.1, 0.15) is 19.3 Å². The Morgan fingerprint density at radius 2 is 1.36 bits per heavy atom. The summed E-state index contributed by atoms with van der Waals surface area (Å²) in [5, 5.41) is 0. The van der Waals surface area contributed by atoms with Crippen LogP contribution in [0.15, 0.2) is 0 Å². The van der Waals surface area contributed by atoms with Gasteiger partial charge in [0.25, 0.3) is 0 Å². The molecule has 1 fully saturated rings. The number of hydrogen-bond donors (Lipinski definition) is 3. The molecule has 1 aliphatic rings. The highest BCUT2D eigenvalue weighted by Gasteiger charge is 2.00. The molecule has 1 heterocycles. The van der Waals surface area contributed by atoms with Crippen molar-refractivity contribution in [1.29, 1.82) is 0 Å². The lowest BCUT2D eigenvalue weighted by Gasteiger charge is -2.04. The minimum atomic E-state index is -4.64. The molecule has 4 nitrogen and oxygen atoms in total. The number of hydrogen-bond acceptors (Lipinski definition) is 1. The van der Waals surface area contributed by atoms with E-state index >= 15 is 0 Å². The molecule has 3 N–H and O–H groups in total. The topological polar surface area (TPSA) is 77.8 Å². The highest BCUT2D eigenvalue weighted by Crippen LogP contribution is 2.25. The molecule has 6 heteroatoms. The Morgan fingerprint density at radius 3 is 1.45 bits per heavy atom. The van der Waals surface area contributed by atoms with E-state index < -0.39 is 7.82 Å². The summed E-state index contributed by atoms with van der Waals surface area (Å²) in [4.78, 5) is 21.6. The molecule has 0 unspecified atom stereocenters. The van der Waals surface area contributed by atoms with Crippen molar-refractivity contribution >= 4 is 17.3 Å². The fourth-order valence-electron chi connectivity index (χ4n) is 1.06. The second kappa shape index (κ2) is 5.91. The zero-order valence-electron chi connectivity index (χ0n) is 6.44. The van der Waals surface area contributed by atoms with Gasteiger partial charge in [-0.2, -0.15) is 0 Å². The Labute approximate surface area is 68.7 Å². The minimum absolute atomic E-state index is 0.508. The van der Waals surface area contributed by atoms with E-state index in [1.54, 1.807) is 24.9 Å². The van der Waals surface area contributed by atoms with Gasteiger partial charge in [-0.25, -0.2) is 4.57 Å². The molecule has 1 aliphatic heterocycles. The van der Waals surface area contributed by atoms with E-state index in [0.717, 1.165) is 0 Å². The molecule has 0 radical (unpaired) electrons. The molecule has 0 saturated carbocycles. The van der Waals surface area contributed by atoms with Gasteiger partial charge in [0.2, 0.25) is 0 Å². The summed E-state index contributed by atoms with van der Waals surface area (Å²) >= 11 is 0. The van der Waals surface area contributed by atoms with Gasteiger partial charge in [-0.1, -0.05) is 31.4 Å². The summed E-state index contributed by atoms with van der Waals surface area (Å²) in [5.41, 5.74) is 0. The Morgan fingerprint density at radius 1 is 1.00 bits per heavy atom. The lowest BCUT2D eigenvalue weighted by Crippen LogP contribution is -1.94. The van der Waals surface area contributed by atoms with Crippen LogP contribution in [0.5, 0.6) is 0 Å². The predicted molar refractivity (Wildman–Crippen MR) is 46.3 cm³/mol. The van der Waals surface area contributed by atoms with Crippen LogP contribution >= 0.6 is 7.82 Å².